The molecule has 0 saturated carbocycles. The van der Waals surface area contributed by atoms with Crippen LogP contribution >= 0.6 is 0 Å². The van der Waals surface area contributed by atoms with E-state index < -0.39 is 6.10 Å². The van der Waals surface area contributed by atoms with Gasteiger partial charge in [-0.1, -0.05) is 35.5 Å². The molecule has 0 bridgehead atoms. The molecular weight excluding hydrogens is 284 g/mol. The zero-order chi connectivity index (χ0) is 15.5. The predicted molar refractivity (Wildman–Crippen MR) is 77.9 cm³/mol. The van der Waals surface area contributed by atoms with Crippen LogP contribution in [0.3, 0.4) is 0 Å². The Morgan fingerprint density at radius 3 is 2.86 bits per heavy atom. The Balaban J connectivity index is 1.57. The number of carbonyl (C=O) groups excluding carboxylic acids is 1. The number of carbonyl (C=O) groups is 1. The lowest BCUT2D eigenvalue weighted by Crippen LogP contribution is -2.50. The Morgan fingerprint density at radius 2 is 2.18 bits per heavy atom. The minimum Gasteiger partial charge on any atom is -0.378 e. The highest BCUT2D eigenvalue weighted by atomic mass is 16.5. The first kappa shape index (κ1) is 14.7. The lowest BCUT2D eigenvalue weighted by atomic mass is 9.94. The number of rotatable bonds is 5. The van der Waals surface area contributed by atoms with Gasteiger partial charge < -0.3 is 19.3 Å². The monoisotopic (exact) mass is 302 g/mol. The summed E-state index contributed by atoms with van der Waals surface area (Å²) in [6.45, 7) is 1.47. The summed E-state index contributed by atoms with van der Waals surface area (Å²) in [4.78, 5) is 13.9. The summed E-state index contributed by atoms with van der Waals surface area (Å²) in [7, 11) is 1.59. The highest BCUT2D eigenvalue weighted by Gasteiger charge is 2.36. The van der Waals surface area contributed by atoms with E-state index in [1.54, 1.807) is 36.3 Å². The number of aliphatic hydroxyl groups excluding tert-OH is 1. The molecule has 1 N–H and O–H groups in total. The molecule has 22 heavy (non-hydrogen) atoms. The van der Waals surface area contributed by atoms with Crippen LogP contribution in [0, 0.1) is 0 Å². The van der Waals surface area contributed by atoms with Gasteiger partial charge in [0.05, 0.1) is 5.69 Å². The van der Waals surface area contributed by atoms with Crippen molar-refractivity contribution in [1.29, 1.82) is 0 Å². The summed E-state index contributed by atoms with van der Waals surface area (Å²) in [5.74, 6) is 0.552. The second-order valence-electron chi connectivity index (χ2n) is 5.40. The van der Waals surface area contributed by atoms with Crippen LogP contribution in [0.15, 0.2) is 40.9 Å². The maximum atomic E-state index is 12.2. The lowest BCUT2D eigenvalue weighted by Gasteiger charge is -2.39. The highest BCUT2D eigenvalue weighted by molar-refractivity contribution is 5.83. The van der Waals surface area contributed by atoms with Crippen LogP contribution in [-0.2, 0) is 16.1 Å². The Bertz CT molecular complexity index is 635. The molecule has 2 aromatic rings. The van der Waals surface area contributed by atoms with Crippen molar-refractivity contribution >= 4 is 5.91 Å². The average Bonchev–Trinajstić information content (AvgIpc) is 2.94. The Labute approximate surface area is 128 Å². The van der Waals surface area contributed by atoms with E-state index in [0.717, 1.165) is 5.69 Å². The minimum atomic E-state index is -1.11. The summed E-state index contributed by atoms with van der Waals surface area (Å²) in [5, 5.41) is 14.1. The molecule has 0 aliphatic carbocycles. The number of hydrogen-bond donors (Lipinski definition) is 1. The molecule has 1 atom stereocenters. The molecule has 1 aromatic carbocycles. The molecule has 3 rings (SSSR count). The molecule has 0 radical (unpaired) electrons. The van der Waals surface area contributed by atoms with Crippen LogP contribution in [-0.4, -0.2) is 41.3 Å². The number of aliphatic hydroxyl groups is 1. The van der Waals surface area contributed by atoms with E-state index >= 15 is 0 Å². The van der Waals surface area contributed by atoms with Gasteiger partial charge in [-0.3, -0.25) is 4.79 Å². The number of amides is 1. The molecule has 1 saturated heterocycles. The molecule has 2 heterocycles. The standard InChI is InChI=1S/C16H18N2O4/c1-21-10-13-7-14(17-22-13)12-8-18(9-12)16(20)15(19)11-5-3-2-4-6-11/h2-7,12,15,19H,8-10H2,1H3/t15-/m0/s1. The maximum absolute atomic E-state index is 12.2. The van der Waals surface area contributed by atoms with Crippen LogP contribution in [0.1, 0.15) is 29.0 Å². The molecule has 0 unspecified atom stereocenters. The van der Waals surface area contributed by atoms with E-state index in [0.29, 0.717) is 31.0 Å². The third-order valence-electron chi connectivity index (χ3n) is 3.82. The van der Waals surface area contributed by atoms with Crippen LogP contribution in [0.2, 0.25) is 0 Å². The first-order chi connectivity index (χ1) is 10.7. The van der Waals surface area contributed by atoms with E-state index in [1.165, 1.54) is 0 Å². The molecular formula is C16H18N2O4. The van der Waals surface area contributed by atoms with Gasteiger partial charge in [-0.15, -0.1) is 0 Å². The topological polar surface area (TPSA) is 75.8 Å². The average molecular weight is 302 g/mol. The van der Waals surface area contributed by atoms with Gasteiger partial charge in [-0.2, -0.15) is 0 Å². The van der Waals surface area contributed by atoms with Crippen molar-refractivity contribution in [3.8, 4) is 0 Å². The Hall–Kier alpha value is -2.18. The molecule has 1 amide bonds. The number of ether oxygens (including phenoxy) is 1. The smallest absolute Gasteiger partial charge is 0.256 e. The second-order valence-corrected chi connectivity index (χ2v) is 5.40. The van der Waals surface area contributed by atoms with Crippen molar-refractivity contribution < 1.29 is 19.2 Å². The number of methoxy groups -OCH3 is 1. The maximum Gasteiger partial charge on any atom is 0.256 e. The third kappa shape index (κ3) is 2.88. The molecule has 1 aliphatic rings. The summed E-state index contributed by atoms with van der Waals surface area (Å²) >= 11 is 0. The van der Waals surface area contributed by atoms with Crippen molar-refractivity contribution in [2.75, 3.05) is 20.2 Å². The van der Waals surface area contributed by atoms with Gasteiger partial charge in [-0.25, -0.2) is 0 Å². The number of aromatic nitrogens is 1. The van der Waals surface area contributed by atoms with Crippen LogP contribution in [0.25, 0.3) is 0 Å². The van der Waals surface area contributed by atoms with Gasteiger partial charge in [0.2, 0.25) is 0 Å². The Morgan fingerprint density at radius 1 is 1.45 bits per heavy atom. The fraction of sp³-hybridized carbons (Fsp3) is 0.375. The highest BCUT2D eigenvalue weighted by Crippen LogP contribution is 2.29. The molecule has 6 heteroatoms. The first-order valence-electron chi connectivity index (χ1n) is 7.15. The largest absolute Gasteiger partial charge is 0.378 e. The molecule has 6 nitrogen and oxygen atoms in total. The van der Waals surface area contributed by atoms with Gasteiger partial charge in [0.1, 0.15) is 6.61 Å². The van der Waals surface area contributed by atoms with Gasteiger partial charge in [0, 0.05) is 32.2 Å². The van der Waals surface area contributed by atoms with E-state index in [4.69, 9.17) is 9.26 Å². The fourth-order valence-corrected chi connectivity index (χ4v) is 2.53. The zero-order valence-corrected chi connectivity index (χ0v) is 12.3. The van der Waals surface area contributed by atoms with Crippen LogP contribution in [0.4, 0.5) is 0 Å². The third-order valence-corrected chi connectivity index (χ3v) is 3.82. The molecule has 1 aliphatic heterocycles. The normalized spacial score (nSPS) is 16.4. The molecule has 1 fully saturated rings. The van der Waals surface area contributed by atoms with Crippen LogP contribution < -0.4 is 0 Å². The molecule has 116 valence electrons. The summed E-state index contributed by atoms with van der Waals surface area (Å²) in [6.07, 6.45) is -1.11. The SMILES string of the molecule is COCc1cc(C2CN(C(=O)[C@@H](O)c3ccccc3)C2)no1. The lowest BCUT2D eigenvalue weighted by molar-refractivity contribution is -0.145. The van der Waals surface area contributed by atoms with Gasteiger partial charge in [-0.05, 0) is 5.56 Å². The predicted octanol–water partition coefficient (Wildman–Crippen LogP) is 1.48. The number of nitrogens with zero attached hydrogens (tertiary/aromatic N) is 2. The van der Waals surface area contributed by atoms with E-state index in [-0.39, 0.29) is 11.8 Å². The number of benzene rings is 1. The van der Waals surface area contributed by atoms with Gasteiger partial charge in [0.25, 0.3) is 5.91 Å². The summed E-state index contributed by atoms with van der Waals surface area (Å²) in [5.41, 5.74) is 1.44. The quantitative estimate of drug-likeness (QED) is 0.905. The minimum absolute atomic E-state index is 0.154. The second kappa shape index (κ2) is 6.29. The fourth-order valence-electron chi connectivity index (χ4n) is 2.53. The number of likely N-dealkylation sites (tertiary alicyclic amines) is 1. The summed E-state index contributed by atoms with van der Waals surface area (Å²) < 4.78 is 10.1. The van der Waals surface area contributed by atoms with Crippen molar-refractivity contribution in [3.05, 3.63) is 53.4 Å². The van der Waals surface area contributed by atoms with Crippen molar-refractivity contribution in [2.24, 2.45) is 0 Å². The number of hydrogen-bond acceptors (Lipinski definition) is 5. The van der Waals surface area contributed by atoms with Crippen molar-refractivity contribution in [2.45, 2.75) is 18.6 Å². The van der Waals surface area contributed by atoms with Crippen molar-refractivity contribution in [1.82, 2.24) is 10.1 Å². The molecule has 0 spiro atoms. The first-order valence-corrected chi connectivity index (χ1v) is 7.15. The van der Waals surface area contributed by atoms with Gasteiger partial charge >= 0.3 is 0 Å². The zero-order valence-electron chi connectivity index (χ0n) is 12.3. The summed E-state index contributed by atoms with van der Waals surface area (Å²) in [6, 6.07) is 10.8. The molecule has 1 aromatic heterocycles. The van der Waals surface area contributed by atoms with E-state index in [9.17, 15) is 9.90 Å². The van der Waals surface area contributed by atoms with E-state index in [1.807, 2.05) is 12.1 Å². The van der Waals surface area contributed by atoms with E-state index in [2.05, 4.69) is 5.16 Å². The van der Waals surface area contributed by atoms with Crippen molar-refractivity contribution in [3.63, 3.8) is 0 Å². The Kier molecular flexibility index (Phi) is 4.22. The van der Waals surface area contributed by atoms with Gasteiger partial charge in [0.15, 0.2) is 11.9 Å². The van der Waals surface area contributed by atoms with Crippen LogP contribution in [0.5, 0.6) is 0 Å².